The molecule has 19 heavy (non-hydrogen) atoms. The predicted octanol–water partition coefficient (Wildman–Crippen LogP) is 3.92. The summed E-state index contributed by atoms with van der Waals surface area (Å²) >= 11 is 0. The van der Waals surface area contributed by atoms with Crippen LogP contribution in [0.4, 0.5) is 0 Å². The summed E-state index contributed by atoms with van der Waals surface area (Å²) in [5, 5.41) is 6.01. The number of nitrogens with one attached hydrogen (secondary N) is 1. The van der Waals surface area contributed by atoms with Gasteiger partial charge in [0.05, 0.1) is 12.1 Å². The minimum atomic E-state index is 0.209. The van der Waals surface area contributed by atoms with Gasteiger partial charge in [-0.15, -0.1) is 0 Å². The van der Waals surface area contributed by atoms with Crippen molar-refractivity contribution in [1.82, 2.24) is 5.32 Å². The molecule has 2 atom stereocenters. The third kappa shape index (κ3) is 2.96. The number of benzene rings is 2. The van der Waals surface area contributed by atoms with Crippen molar-refractivity contribution >= 4 is 10.8 Å². The molecular weight excluding hydrogens is 234 g/mol. The van der Waals surface area contributed by atoms with Crippen LogP contribution < -0.4 is 5.32 Å². The van der Waals surface area contributed by atoms with E-state index in [2.05, 4.69) is 54.7 Å². The van der Waals surface area contributed by atoms with E-state index in [1.807, 2.05) is 7.05 Å². The number of ether oxygens (including phenoxy) is 1. The van der Waals surface area contributed by atoms with Crippen molar-refractivity contribution < 1.29 is 4.74 Å². The zero-order chi connectivity index (χ0) is 13.7. The van der Waals surface area contributed by atoms with Crippen LogP contribution >= 0.6 is 0 Å². The van der Waals surface area contributed by atoms with E-state index in [1.54, 1.807) is 7.11 Å². The molecule has 102 valence electrons. The summed E-state index contributed by atoms with van der Waals surface area (Å²) in [7, 11) is 3.81. The molecule has 0 fully saturated rings. The van der Waals surface area contributed by atoms with Crippen LogP contribution in [0, 0.1) is 0 Å². The predicted molar refractivity (Wildman–Crippen MR) is 81.5 cm³/mol. The van der Waals surface area contributed by atoms with Crippen LogP contribution in [0.3, 0.4) is 0 Å². The van der Waals surface area contributed by atoms with Crippen LogP contribution in [0.5, 0.6) is 0 Å². The molecule has 0 spiro atoms. The fraction of sp³-hybridized carbons (Fsp3) is 0.412. The highest BCUT2D eigenvalue weighted by Crippen LogP contribution is 2.28. The van der Waals surface area contributed by atoms with E-state index < -0.39 is 0 Å². The molecule has 0 heterocycles. The molecule has 0 aliphatic heterocycles. The first-order valence-electron chi connectivity index (χ1n) is 6.99. The monoisotopic (exact) mass is 257 g/mol. The molecule has 2 unspecified atom stereocenters. The molecule has 0 saturated heterocycles. The molecule has 0 aliphatic carbocycles. The molecule has 0 bridgehead atoms. The highest BCUT2D eigenvalue weighted by molar-refractivity contribution is 5.86. The third-order valence-electron chi connectivity index (χ3n) is 3.72. The van der Waals surface area contributed by atoms with Gasteiger partial charge in [-0.2, -0.15) is 0 Å². The maximum Gasteiger partial charge on any atom is 0.0766 e. The van der Waals surface area contributed by atoms with Gasteiger partial charge >= 0.3 is 0 Å². The molecule has 2 aromatic carbocycles. The van der Waals surface area contributed by atoms with Crippen molar-refractivity contribution in [3.63, 3.8) is 0 Å². The second-order valence-electron chi connectivity index (χ2n) is 4.90. The fourth-order valence-electron chi connectivity index (χ4n) is 2.77. The number of hydrogen-bond donors (Lipinski definition) is 1. The van der Waals surface area contributed by atoms with Gasteiger partial charge in [0.2, 0.25) is 0 Å². The van der Waals surface area contributed by atoms with Crippen LogP contribution in [-0.2, 0) is 4.74 Å². The number of fused-ring (bicyclic) bond motifs is 1. The number of likely N-dealkylation sites (N-methyl/N-ethyl adjacent to an activating group) is 1. The van der Waals surface area contributed by atoms with Gasteiger partial charge in [0.1, 0.15) is 0 Å². The lowest BCUT2D eigenvalue weighted by atomic mass is 9.93. The molecule has 0 aliphatic rings. The lowest BCUT2D eigenvalue weighted by molar-refractivity contribution is 0.0634. The molecule has 2 heteroatoms. The fourth-order valence-corrected chi connectivity index (χ4v) is 2.77. The van der Waals surface area contributed by atoms with E-state index in [1.165, 1.54) is 16.3 Å². The molecule has 2 nitrogen and oxygen atoms in total. The Kier molecular flexibility index (Phi) is 4.94. The van der Waals surface area contributed by atoms with Gasteiger partial charge in [-0.1, -0.05) is 55.8 Å². The maximum atomic E-state index is 5.68. The van der Waals surface area contributed by atoms with Gasteiger partial charge in [-0.25, -0.2) is 0 Å². The summed E-state index contributed by atoms with van der Waals surface area (Å²) in [6.45, 7) is 2.20. The summed E-state index contributed by atoms with van der Waals surface area (Å²) in [6, 6.07) is 15.2. The van der Waals surface area contributed by atoms with Crippen molar-refractivity contribution in [2.75, 3.05) is 14.2 Å². The first-order chi connectivity index (χ1) is 9.31. The zero-order valence-electron chi connectivity index (χ0n) is 12.0. The Balaban J connectivity index is 2.45. The van der Waals surface area contributed by atoms with E-state index in [0.29, 0.717) is 0 Å². The normalized spacial score (nSPS) is 14.5. The largest absolute Gasteiger partial charge is 0.379 e. The van der Waals surface area contributed by atoms with Crippen molar-refractivity contribution in [3.8, 4) is 0 Å². The smallest absolute Gasteiger partial charge is 0.0766 e. The average Bonchev–Trinajstić information content (AvgIpc) is 2.47. The Bertz CT molecular complexity index is 518. The summed E-state index contributed by atoms with van der Waals surface area (Å²) in [4.78, 5) is 0. The summed E-state index contributed by atoms with van der Waals surface area (Å²) in [5.74, 6) is 0. The third-order valence-corrected chi connectivity index (χ3v) is 3.72. The lowest BCUT2D eigenvalue weighted by Gasteiger charge is -2.27. The first-order valence-corrected chi connectivity index (χ1v) is 6.99. The van der Waals surface area contributed by atoms with Gasteiger partial charge in [0, 0.05) is 7.11 Å². The van der Waals surface area contributed by atoms with E-state index in [9.17, 15) is 0 Å². The molecule has 0 saturated carbocycles. The maximum absolute atomic E-state index is 5.68. The quantitative estimate of drug-likeness (QED) is 0.847. The minimum absolute atomic E-state index is 0.209. The van der Waals surface area contributed by atoms with E-state index >= 15 is 0 Å². The summed E-state index contributed by atoms with van der Waals surface area (Å²) < 4.78 is 5.68. The molecule has 2 aromatic rings. The van der Waals surface area contributed by atoms with Gasteiger partial charge in [-0.05, 0) is 29.8 Å². The minimum Gasteiger partial charge on any atom is -0.379 e. The van der Waals surface area contributed by atoms with Crippen molar-refractivity contribution in [3.05, 3.63) is 48.0 Å². The molecule has 0 radical (unpaired) electrons. The Hall–Kier alpha value is -1.38. The Labute approximate surface area is 115 Å². The summed E-state index contributed by atoms with van der Waals surface area (Å²) in [5.41, 5.74) is 1.32. The van der Waals surface area contributed by atoms with E-state index in [0.717, 1.165) is 12.8 Å². The van der Waals surface area contributed by atoms with Crippen LogP contribution in [0.1, 0.15) is 31.4 Å². The molecular formula is C17H23NO. The van der Waals surface area contributed by atoms with Crippen LogP contribution in [0.2, 0.25) is 0 Å². The Morgan fingerprint density at radius 1 is 1.11 bits per heavy atom. The number of methoxy groups -OCH3 is 1. The van der Waals surface area contributed by atoms with Crippen molar-refractivity contribution in [2.24, 2.45) is 0 Å². The van der Waals surface area contributed by atoms with Crippen LogP contribution in [0.25, 0.3) is 10.8 Å². The standard InChI is InChI=1S/C17H23NO/c1-4-8-16(19-3)17(18-2)15-12-7-10-13-9-5-6-11-14(13)15/h5-7,9-12,16-18H,4,8H2,1-3H3. The Morgan fingerprint density at radius 2 is 1.84 bits per heavy atom. The SMILES string of the molecule is CCCC(OC)C(NC)c1cccc2ccccc12. The lowest BCUT2D eigenvalue weighted by Crippen LogP contribution is -2.31. The van der Waals surface area contributed by atoms with Crippen molar-refractivity contribution in [2.45, 2.75) is 31.9 Å². The Morgan fingerprint density at radius 3 is 2.53 bits per heavy atom. The van der Waals surface area contributed by atoms with Crippen LogP contribution in [0.15, 0.2) is 42.5 Å². The molecule has 1 N–H and O–H groups in total. The molecule has 2 rings (SSSR count). The molecule has 0 amide bonds. The van der Waals surface area contributed by atoms with E-state index in [4.69, 9.17) is 4.74 Å². The average molecular weight is 257 g/mol. The van der Waals surface area contributed by atoms with E-state index in [-0.39, 0.29) is 12.1 Å². The van der Waals surface area contributed by atoms with Crippen molar-refractivity contribution in [1.29, 1.82) is 0 Å². The van der Waals surface area contributed by atoms with Gasteiger partial charge in [-0.3, -0.25) is 0 Å². The topological polar surface area (TPSA) is 21.3 Å². The van der Waals surface area contributed by atoms with Crippen LogP contribution in [-0.4, -0.2) is 20.3 Å². The first kappa shape index (κ1) is 14.0. The number of hydrogen-bond acceptors (Lipinski definition) is 2. The van der Waals surface area contributed by atoms with Gasteiger partial charge in [0.25, 0.3) is 0 Å². The van der Waals surface area contributed by atoms with Gasteiger partial charge < -0.3 is 10.1 Å². The zero-order valence-corrected chi connectivity index (χ0v) is 12.0. The second kappa shape index (κ2) is 6.69. The second-order valence-corrected chi connectivity index (χ2v) is 4.90. The number of rotatable bonds is 6. The highest BCUT2D eigenvalue weighted by Gasteiger charge is 2.22. The highest BCUT2D eigenvalue weighted by atomic mass is 16.5. The van der Waals surface area contributed by atoms with Gasteiger partial charge in [0.15, 0.2) is 0 Å². The molecule has 0 aromatic heterocycles. The summed E-state index contributed by atoms with van der Waals surface area (Å²) in [6.07, 6.45) is 2.40.